The lowest BCUT2D eigenvalue weighted by Crippen LogP contribution is -2.22. The predicted molar refractivity (Wildman–Crippen MR) is 109 cm³/mol. The van der Waals surface area contributed by atoms with Crippen LogP contribution in [-0.2, 0) is 19.4 Å². The summed E-state index contributed by atoms with van der Waals surface area (Å²) < 4.78 is 0. The van der Waals surface area contributed by atoms with Gasteiger partial charge in [-0.05, 0) is 73.1 Å². The number of benzene rings is 2. The van der Waals surface area contributed by atoms with Crippen molar-refractivity contribution in [2.75, 3.05) is 5.32 Å². The van der Waals surface area contributed by atoms with Gasteiger partial charge >= 0.3 is 0 Å². The van der Waals surface area contributed by atoms with E-state index in [0.717, 1.165) is 5.69 Å². The molecule has 0 heterocycles. The van der Waals surface area contributed by atoms with Crippen molar-refractivity contribution < 1.29 is 0 Å². The van der Waals surface area contributed by atoms with Crippen molar-refractivity contribution in [1.82, 2.24) is 0 Å². The molecule has 0 amide bonds. The summed E-state index contributed by atoms with van der Waals surface area (Å²) in [5, 5.41) is 3.17. The number of hydrogen-bond acceptors (Lipinski definition) is 1. The Hall–Kier alpha value is -1.56. The summed E-state index contributed by atoms with van der Waals surface area (Å²) in [6.45, 7) is 4.78. The van der Waals surface area contributed by atoms with Crippen LogP contribution in [0.5, 0.6) is 0 Å². The monoisotopic (exact) mass is 421 g/mol. The Morgan fingerprint density at radius 1 is 1.04 bits per heavy atom. The van der Waals surface area contributed by atoms with E-state index in [4.69, 9.17) is 5.73 Å². The highest BCUT2D eigenvalue weighted by molar-refractivity contribution is 14.0. The molecule has 0 aliphatic heterocycles. The number of aliphatic imine (C=N–C) groups is 1. The van der Waals surface area contributed by atoms with Crippen molar-refractivity contribution in [1.29, 1.82) is 0 Å². The average molecular weight is 421 g/mol. The zero-order valence-corrected chi connectivity index (χ0v) is 16.1. The number of nitrogens with one attached hydrogen (secondary N) is 1. The van der Waals surface area contributed by atoms with Crippen LogP contribution in [0.1, 0.15) is 34.2 Å². The molecule has 23 heavy (non-hydrogen) atoms. The third-order valence-electron chi connectivity index (χ3n) is 4.09. The summed E-state index contributed by atoms with van der Waals surface area (Å²) in [6.07, 6.45) is 3.69. The number of aryl methyl sites for hydroxylation is 4. The molecule has 2 aromatic rings. The molecule has 0 bridgehead atoms. The Kier molecular flexibility index (Phi) is 6.04. The molecule has 0 spiro atoms. The second-order valence-electron chi connectivity index (χ2n) is 6.16. The first-order chi connectivity index (χ1) is 10.6. The number of fused-ring (bicyclic) bond motifs is 1. The molecule has 0 radical (unpaired) electrons. The summed E-state index contributed by atoms with van der Waals surface area (Å²) in [6, 6.07) is 13.0. The molecule has 122 valence electrons. The van der Waals surface area contributed by atoms with Crippen molar-refractivity contribution in [2.24, 2.45) is 10.7 Å². The zero-order chi connectivity index (χ0) is 15.5. The fourth-order valence-electron chi connectivity index (χ4n) is 3.13. The second kappa shape index (κ2) is 7.81. The minimum Gasteiger partial charge on any atom is -0.370 e. The minimum absolute atomic E-state index is 0. The van der Waals surface area contributed by atoms with E-state index in [2.05, 4.69) is 60.6 Å². The highest BCUT2D eigenvalue weighted by atomic mass is 127. The smallest absolute Gasteiger partial charge is 0.193 e. The molecule has 0 fully saturated rings. The van der Waals surface area contributed by atoms with Crippen LogP contribution >= 0.6 is 24.0 Å². The Balaban J connectivity index is 0.00000192. The Morgan fingerprint density at radius 2 is 1.74 bits per heavy atom. The summed E-state index contributed by atoms with van der Waals surface area (Å²) >= 11 is 0. The molecule has 3 N–H and O–H groups in total. The Labute approximate surface area is 155 Å². The van der Waals surface area contributed by atoms with E-state index >= 15 is 0 Å². The first-order valence-corrected chi connectivity index (χ1v) is 7.86. The third-order valence-corrected chi connectivity index (χ3v) is 4.09. The quantitative estimate of drug-likeness (QED) is 0.440. The number of hydrogen-bond donors (Lipinski definition) is 2. The van der Waals surface area contributed by atoms with E-state index in [-0.39, 0.29) is 24.0 Å². The van der Waals surface area contributed by atoms with Crippen molar-refractivity contribution in [2.45, 2.75) is 39.7 Å². The van der Waals surface area contributed by atoms with E-state index in [1.54, 1.807) is 0 Å². The number of nitrogens with two attached hydrogens (primary N) is 1. The maximum absolute atomic E-state index is 6.01. The third kappa shape index (κ3) is 4.70. The number of anilines is 1. The molecule has 0 saturated heterocycles. The first-order valence-electron chi connectivity index (χ1n) is 7.86. The van der Waals surface area contributed by atoms with Crippen molar-refractivity contribution in [3.05, 3.63) is 64.2 Å². The second-order valence-corrected chi connectivity index (χ2v) is 6.16. The Morgan fingerprint density at radius 3 is 2.48 bits per heavy atom. The lowest BCUT2D eigenvalue weighted by Gasteiger charge is -2.08. The van der Waals surface area contributed by atoms with Gasteiger partial charge in [-0.1, -0.05) is 24.3 Å². The van der Waals surface area contributed by atoms with Crippen molar-refractivity contribution >= 4 is 35.6 Å². The van der Waals surface area contributed by atoms with E-state index in [0.29, 0.717) is 12.5 Å². The molecule has 0 unspecified atom stereocenters. The largest absolute Gasteiger partial charge is 0.370 e. The molecule has 0 saturated carbocycles. The molecule has 0 aromatic heterocycles. The van der Waals surface area contributed by atoms with E-state index in [1.807, 2.05) is 0 Å². The maximum Gasteiger partial charge on any atom is 0.193 e. The molecule has 2 aromatic carbocycles. The number of guanidine groups is 1. The van der Waals surface area contributed by atoms with Gasteiger partial charge in [-0.25, -0.2) is 4.99 Å². The Bertz CT molecular complexity index is 702. The highest BCUT2D eigenvalue weighted by Gasteiger charge is 2.10. The van der Waals surface area contributed by atoms with Gasteiger partial charge in [-0.3, -0.25) is 0 Å². The van der Waals surface area contributed by atoms with Crippen LogP contribution < -0.4 is 11.1 Å². The summed E-state index contributed by atoms with van der Waals surface area (Å²) in [7, 11) is 0. The van der Waals surface area contributed by atoms with Crippen LogP contribution in [0.3, 0.4) is 0 Å². The zero-order valence-electron chi connectivity index (χ0n) is 13.7. The highest BCUT2D eigenvalue weighted by Crippen LogP contribution is 2.23. The van der Waals surface area contributed by atoms with Gasteiger partial charge < -0.3 is 11.1 Å². The molecular formula is C19H24IN3. The number of rotatable bonds is 3. The van der Waals surface area contributed by atoms with Gasteiger partial charge in [-0.2, -0.15) is 0 Å². The fraction of sp³-hybridized carbons (Fsp3) is 0.316. The lowest BCUT2D eigenvalue weighted by atomic mass is 10.1. The minimum atomic E-state index is 0. The normalized spacial score (nSPS) is 13.4. The van der Waals surface area contributed by atoms with Crippen LogP contribution in [0.2, 0.25) is 0 Å². The molecule has 3 nitrogen and oxygen atoms in total. The molecule has 0 atom stereocenters. The van der Waals surface area contributed by atoms with Gasteiger partial charge in [0.2, 0.25) is 0 Å². The summed E-state index contributed by atoms with van der Waals surface area (Å²) in [4.78, 5) is 4.46. The van der Waals surface area contributed by atoms with Crippen molar-refractivity contribution in [3.63, 3.8) is 0 Å². The predicted octanol–water partition coefficient (Wildman–Crippen LogP) is 4.34. The van der Waals surface area contributed by atoms with Crippen LogP contribution in [0, 0.1) is 13.8 Å². The van der Waals surface area contributed by atoms with Crippen LogP contribution in [-0.4, -0.2) is 5.96 Å². The van der Waals surface area contributed by atoms with Gasteiger partial charge in [0.25, 0.3) is 0 Å². The van der Waals surface area contributed by atoms with E-state index < -0.39 is 0 Å². The molecule has 4 heteroatoms. The topological polar surface area (TPSA) is 50.4 Å². The van der Waals surface area contributed by atoms with Gasteiger partial charge in [0.15, 0.2) is 5.96 Å². The maximum atomic E-state index is 6.01. The van der Waals surface area contributed by atoms with E-state index in [9.17, 15) is 0 Å². The molecule has 1 aliphatic carbocycles. The molecular weight excluding hydrogens is 397 g/mol. The number of nitrogens with zero attached hydrogens (tertiary/aromatic N) is 1. The fourth-order valence-corrected chi connectivity index (χ4v) is 3.13. The van der Waals surface area contributed by atoms with Crippen LogP contribution in [0.15, 0.2) is 41.4 Å². The number of halogens is 1. The lowest BCUT2D eigenvalue weighted by molar-refractivity contribution is 0.911. The van der Waals surface area contributed by atoms with E-state index in [1.165, 1.54) is 47.1 Å². The van der Waals surface area contributed by atoms with Gasteiger partial charge in [-0.15, -0.1) is 24.0 Å². The first kappa shape index (κ1) is 17.8. The van der Waals surface area contributed by atoms with Crippen molar-refractivity contribution in [3.8, 4) is 0 Å². The summed E-state index contributed by atoms with van der Waals surface area (Å²) in [5.41, 5.74) is 13.6. The SMILES string of the molecule is Cc1cc(C)cc(NC(N)=NCc2ccc3c(c2)CCC3)c1.I. The van der Waals surface area contributed by atoms with Gasteiger partial charge in [0.05, 0.1) is 6.54 Å². The van der Waals surface area contributed by atoms with Gasteiger partial charge in [0.1, 0.15) is 0 Å². The standard InChI is InChI=1S/C19H23N3.HI/c1-13-8-14(2)10-18(9-13)22-19(20)21-12-15-6-7-16-4-3-5-17(16)11-15;/h6-11H,3-5,12H2,1-2H3,(H3,20,21,22);1H. The van der Waals surface area contributed by atoms with Crippen LogP contribution in [0.4, 0.5) is 5.69 Å². The molecule has 1 aliphatic rings. The average Bonchev–Trinajstić information content (AvgIpc) is 2.91. The summed E-state index contributed by atoms with van der Waals surface area (Å²) in [5.74, 6) is 0.463. The molecule has 3 rings (SSSR count). The van der Waals surface area contributed by atoms with Crippen LogP contribution in [0.25, 0.3) is 0 Å². The van der Waals surface area contributed by atoms with Gasteiger partial charge in [0, 0.05) is 5.69 Å².